The first-order valence-electron chi connectivity index (χ1n) is 7.70. The topological polar surface area (TPSA) is 78.9 Å². The van der Waals surface area contributed by atoms with Crippen LogP contribution in [0.25, 0.3) is 0 Å². The number of nitrogens with one attached hydrogen (secondary N) is 1. The van der Waals surface area contributed by atoms with Crippen LogP contribution in [0.1, 0.15) is 18.4 Å². The normalized spacial score (nSPS) is 16.1. The standard InChI is InChI=1S/C16H20Cl2N2O4/c17-13-2-1-11(7-14(13)18)10-24-12-3-5-20(6-4-12)9-15(21)19-8-16(22)23/h1-2,7,12H,3-6,8-10H2,(H,19,21)(H,22,23). The zero-order valence-electron chi connectivity index (χ0n) is 13.1. The van der Waals surface area contributed by atoms with Gasteiger partial charge < -0.3 is 15.2 Å². The van der Waals surface area contributed by atoms with E-state index in [1.165, 1.54) is 0 Å². The van der Waals surface area contributed by atoms with Crippen LogP contribution in [0.2, 0.25) is 10.0 Å². The summed E-state index contributed by atoms with van der Waals surface area (Å²) in [7, 11) is 0. The molecule has 0 radical (unpaired) electrons. The minimum atomic E-state index is -1.04. The monoisotopic (exact) mass is 374 g/mol. The van der Waals surface area contributed by atoms with Crippen LogP contribution in [0.5, 0.6) is 0 Å². The zero-order valence-corrected chi connectivity index (χ0v) is 14.6. The summed E-state index contributed by atoms with van der Waals surface area (Å²) in [5.74, 6) is -1.31. The molecule has 0 aromatic heterocycles. The van der Waals surface area contributed by atoms with Gasteiger partial charge in [0.25, 0.3) is 0 Å². The van der Waals surface area contributed by atoms with Gasteiger partial charge in [0.15, 0.2) is 0 Å². The van der Waals surface area contributed by atoms with E-state index in [0.29, 0.717) is 16.7 Å². The van der Waals surface area contributed by atoms with Crippen molar-refractivity contribution in [3.8, 4) is 0 Å². The maximum absolute atomic E-state index is 11.6. The van der Waals surface area contributed by atoms with Gasteiger partial charge in [0.05, 0.1) is 29.3 Å². The van der Waals surface area contributed by atoms with Gasteiger partial charge in [-0.1, -0.05) is 29.3 Å². The van der Waals surface area contributed by atoms with Gasteiger partial charge in [-0.05, 0) is 30.5 Å². The lowest BCUT2D eigenvalue weighted by molar-refractivity contribution is -0.138. The number of carboxylic acids is 1. The second-order valence-electron chi connectivity index (χ2n) is 5.71. The number of rotatable bonds is 7. The zero-order chi connectivity index (χ0) is 17.5. The second kappa shape index (κ2) is 9.22. The number of carbonyl (C=O) groups excluding carboxylic acids is 1. The van der Waals surface area contributed by atoms with E-state index in [-0.39, 0.29) is 25.1 Å². The molecule has 0 bridgehead atoms. The number of hydrogen-bond donors (Lipinski definition) is 2. The third-order valence-electron chi connectivity index (χ3n) is 3.81. The Labute approximate surface area is 150 Å². The summed E-state index contributed by atoms with van der Waals surface area (Å²) >= 11 is 11.9. The molecule has 0 aliphatic carbocycles. The number of halogens is 2. The molecule has 132 valence electrons. The van der Waals surface area contributed by atoms with E-state index in [1.807, 2.05) is 11.0 Å². The molecule has 1 aromatic rings. The van der Waals surface area contributed by atoms with Gasteiger partial charge in [-0.15, -0.1) is 0 Å². The highest BCUT2D eigenvalue weighted by molar-refractivity contribution is 6.42. The number of piperidine rings is 1. The van der Waals surface area contributed by atoms with Crippen molar-refractivity contribution >= 4 is 35.1 Å². The summed E-state index contributed by atoms with van der Waals surface area (Å²) in [4.78, 5) is 24.0. The number of ether oxygens (including phenoxy) is 1. The molecule has 8 heteroatoms. The molecule has 1 aliphatic heterocycles. The van der Waals surface area contributed by atoms with Gasteiger partial charge in [0, 0.05) is 13.1 Å². The van der Waals surface area contributed by atoms with Crippen molar-refractivity contribution in [1.82, 2.24) is 10.2 Å². The number of amides is 1. The molecule has 1 aromatic carbocycles. The fourth-order valence-corrected chi connectivity index (χ4v) is 2.83. The Hall–Kier alpha value is -1.34. The highest BCUT2D eigenvalue weighted by atomic mass is 35.5. The molecule has 1 fully saturated rings. The predicted octanol–water partition coefficient (Wildman–Crippen LogP) is 2.18. The first-order valence-corrected chi connectivity index (χ1v) is 8.46. The fourth-order valence-electron chi connectivity index (χ4n) is 2.51. The molecule has 0 spiro atoms. The van der Waals surface area contributed by atoms with E-state index in [4.69, 9.17) is 33.0 Å². The number of carbonyl (C=O) groups is 2. The molecule has 1 heterocycles. The van der Waals surface area contributed by atoms with E-state index in [0.717, 1.165) is 31.5 Å². The van der Waals surface area contributed by atoms with Crippen LogP contribution < -0.4 is 5.32 Å². The first-order chi connectivity index (χ1) is 11.4. The predicted molar refractivity (Wildman–Crippen MR) is 91.4 cm³/mol. The van der Waals surface area contributed by atoms with Crippen LogP contribution in [-0.2, 0) is 20.9 Å². The summed E-state index contributed by atoms with van der Waals surface area (Å²) in [6.45, 7) is 1.83. The van der Waals surface area contributed by atoms with Crippen LogP contribution in [0, 0.1) is 0 Å². The fraction of sp³-hybridized carbons (Fsp3) is 0.500. The number of likely N-dealkylation sites (tertiary alicyclic amines) is 1. The lowest BCUT2D eigenvalue weighted by Gasteiger charge is -2.31. The minimum Gasteiger partial charge on any atom is -0.480 e. The maximum Gasteiger partial charge on any atom is 0.322 e. The molecular weight excluding hydrogens is 355 g/mol. The summed E-state index contributed by atoms with van der Waals surface area (Å²) in [5.41, 5.74) is 0.972. The molecule has 24 heavy (non-hydrogen) atoms. The Morgan fingerprint density at radius 1 is 1.25 bits per heavy atom. The first kappa shape index (κ1) is 19.0. The van der Waals surface area contributed by atoms with Crippen LogP contribution >= 0.6 is 23.2 Å². The molecule has 2 N–H and O–H groups in total. The average Bonchev–Trinajstić information content (AvgIpc) is 2.55. The van der Waals surface area contributed by atoms with Gasteiger partial charge in [0.2, 0.25) is 5.91 Å². The third kappa shape index (κ3) is 6.28. The highest BCUT2D eigenvalue weighted by Gasteiger charge is 2.21. The third-order valence-corrected chi connectivity index (χ3v) is 4.55. The van der Waals surface area contributed by atoms with Gasteiger partial charge in [-0.25, -0.2) is 0 Å². The van der Waals surface area contributed by atoms with Crippen molar-refractivity contribution in [3.63, 3.8) is 0 Å². The molecule has 2 rings (SSSR count). The Morgan fingerprint density at radius 3 is 2.58 bits per heavy atom. The van der Waals surface area contributed by atoms with Gasteiger partial charge in [-0.3, -0.25) is 14.5 Å². The Kier molecular flexibility index (Phi) is 7.30. The lowest BCUT2D eigenvalue weighted by atomic mass is 10.1. The molecule has 1 aliphatic rings. The Balaban J connectivity index is 1.68. The smallest absolute Gasteiger partial charge is 0.322 e. The summed E-state index contributed by atoms with van der Waals surface area (Å²) in [6, 6.07) is 5.43. The Morgan fingerprint density at radius 2 is 1.96 bits per heavy atom. The quantitative estimate of drug-likeness (QED) is 0.764. The van der Waals surface area contributed by atoms with Crippen molar-refractivity contribution in [1.29, 1.82) is 0 Å². The highest BCUT2D eigenvalue weighted by Crippen LogP contribution is 2.23. The molecule has 1 amide bonds. The molecule has 0 saturated carbocycles. The minimum absolute atomic E-state index is 0.137. The van der Waals surface area contributed by atoms with E-state index < -0.39 is 5.97 Å². The summed E-state index contributed by atoms with van der Waals surface area (Å²) in [6.07, 6.45) is 1.79. The van der Waals surface area contributed by atoms with Crippen molar-refractivity contribution in [2.75, 3.05) is 26.2 Å². The van der Waals surface area contributed by atoms with Crippen molar-refractivity contribution < 1.29 is 19.4 Å². The Bertz CT molecular complexity index is 589. The van der Waals surface area contributed by atoms with Crippen LogP contribution in [0.4, 0.5) is 0 Å². The van der Waals surface area contributed by atoms with Crippen LogP contribution in [0.3, 0.4) is 0 Å². The molecule has 1 saturated heterocycles. The number of hydrogen-bond acceptors (Lipinski definition) is 4. The van der Waals surface area contributed by atoms with Crippen molar-refractivity contribution in [3.05, 3.63) is 33.8 Å². The molecule has 6 nitrogen and oxygen atoms in total. The maximum atomic E-state index is 11.6. The number of benzene rings is 1. The van der Waals surface area contributed by atoms with E-state index in [9.17, 15) is 9.59 Å². The number of nitrogens with zero attached hydrogens (tertiary/aromatic N) is 1. The van der Waals surface area contributed by atoms with Gasteiger partial charge >= 0.3 is 5.97 Å². The van der Waals surface area contributed by atoms with E-state index >= 15 is 0 Å². The summed E-state index contributed by atoms with van der Waals surface area (Å²) in [5, 5.41) is 11.9. The number of aliphatic carboxylic acids is 1. The SMILES string of the molecule is O=C(O)CNC(=O)CN1CCC(OCc2ccc(Cl)c(Cl)c2)CC1. The van der Waals surface area contributed by atoms with Crippen LogP contribution in [-0.4, -0.2) is 54.2 Å². The van der Waals surface area contributed by atoms with Crippen molar-refractivity contribution in [2.24, 2.45) is 0 Å². The lowest BCUT2D eigenvalue weighted by Crippen LogP contribution is -2.44. The average molecular weight is 375 g/mol. The molecular formula is C16H20Cl2N2O4. The van der Waals surface area contributed by atoms with Gasteiger partial charge in [-0.2, -0.15) is 0 Å². The largest absolute Gasteiger partial charge is 0.480 e. The van der Waals surface area contributed by atoms with E-state index in [2.05, 4.69) is 5.32 Å². The molecule has 0 unspecified atom stereocenters. The number of carboxylic acid groups (broad SMARTS) is 1. The van der Waals surface area contributed by atoms with Crippen molar-refractivity contribution in [2.45, 2.75) is 25.6 Å². The van der Waals surface area contributed by atoms with Crippen LogP contribution in [0.15, 0.2) is 18.2 Å². The molecule has 0 atom stereocenters. The van der Waals surface area contributed by atoms with E-state index in [1.54, 1.807) is 12.1 Å². The van der Waals surface area contributed by atoms with Gasteiger partial charge in [0.1, 0.15) is 6.54 Å². The summed E-state index contributed by atoms with van der Waals surface area (Å²) < 4.78 is 5.89. The second-order valence-corrected chi connectivity index (χ2v) is 6.52.